The van der Waals surface area contributed by atoms with Crippen molar-refractivity contribution in [3.8, 4) is 22.6 Å². The number of ether oxygens (including phenoxy) is 2. The lowest BCUT2D eigenvalue weighted by Crippen LogP contribution is -2.34. The van der Waals surface area contributed by atoms with Gasteiger partial charge in [-0.15, -0.1) is 0 Å². The van der Waals surface area contributed by atoms with Gasteiger partial charge in [0.25, 0.3) is 5.91 Å². The van der Waals surface area contributed by atoms with Crippen molar-refractivity contribution in [1.29, 1.82) is 0 Å². The Hall–Kier alpha value is -3.12. The molecule has 1 N–H and O–H groups in total. The summed E-state index contributed by atoms with van der Waals surface area (Å²) in [6, 6.07) is 10.9. The fourth-order valence-corrected chi connectivity index (χ4v) is 3.47. The molecule has 4 rings (SSSR count). The van der Waals surface area contributed by atoms with E-state index in [4.69, 9.17) is 21.1 Å². The van der Waals surface area contributed by atoms with Crippen LogP contribution in [0, 0.1) is 0 Å². The molecule has 0 radical (unpaired) electrons. The van der Waals surface area contributed by atoms with Crippen molar-refractivity contribution in [3.05, 3.63) is 71.3 Å². The van der Waals surface area contributed by atoms with Crippen LogP contribution in [0.4, 0.5) is 0 Å². The van der Waals surface area contributed by atoms with Crippen LogP contribution in [0.15, 0.2) is 55.1 Å². The molecular weight excluding hydrogens is 378 g/mol. The summed E-state index contributed by atoms with van der Waals surface area (Å²) in [5.41, 5.74) is 3.38. The second kappa shape index (κ2) is 7.86. The molecule has 3 aromatic rings. The molecule has 1 aliphatic rings. The number of nitrogens with zero attached hydrogens (tertiary/aromatic N) is 2. The van der Waals surface area contributed by atoms with Crippen LogP contribution >= 0.6 is 11.6 Å². The average molecular weight is 396 g/mol. The number of rotatable bonds is 5. The number of fused-ring (bicyclic) bond motifs is 1. The highest BCUT2D eigenvalue weighted by atomic mass is 35.5. The number of hydrogen-bond donors (Lipinski definition) is 1. The molecule has 1 aliphatic heterocycles. The van der Waals surface area contributed by atoms with Gasteiger partial charge in [-0.05, 0) is 35.9 Å². The Morgan fingerprint density at radius 2 is 2.07 bits per heavy atom. The van der Waals surface area contributed by atoms with E-state index >= 15 is 0 Å². The first kappa shape index (κ1) is 18.3. The zero-order valence-corrected chi connectivity index (χ0v) is 15.9. The number of carbonyl (C=O) groups is 1. The highest BCUT2D eigenvalue weighted by molar-refractivity contribution is 6.32. The summed E-state index contributed by atoms with van der Waals surface area (Å²) in [6.07, 6.45) is 5.46. The lowest BCUT2D eigenvalue weighted by molar-refractivity contribution is 0.0933. The maximum absolute atomic E-state index is 12.4. The summed E-state index contributed by atoms with van der Waals surface area (Å²) in [4.78, 5) is 20.5. The maximum atomic E-state index is 12.4. The summed E-state index contributed by atoms with van der Waals surface area (Å²) in [6.45, 7) is 0.380. The van der Waals surface area contributed by atoms with Crippen molar-refractivity contribution >= 4 is 17.5 Å². The predicted octanol–water partition coefficient (Wildman–Crippen LogP) is 3.54. The average Bonchev–Trinajstić information content (AvgIpc) is 3.16. The third-order valence-electron chi connectivity index (χ3n) is 4.57. The van der Waals surface area contributed by atoms with E-state index in [-0.39, 0.29) is 12.0 Å². The molecule has 0 unspecified atom stereocenters. The quantitative estimate of drug-likeness (QED) is 0.715. The molecule has 7 heteroatoms. The minimum absolute atomic E-state index is 0.174. The number of benzene rings is 2. The third kappa shape index (κ3) is 3.77. The highest BCUT2D eigenvalue weighted by Crippen LogP contribution is 2.39. The minimum atomic E-state index is -0.177. The van der Waals surface area contributed by atoms with Crippen molar-refractivity contribution in [2.45, 2.75) is 12.5 Å². The van der Waals surface area contributed by atoms with Crippen LogP contribution in [0.1, 0.15) is 15.9 Å². The van der Waals surface area contributed by atoms with E-state index in [9.17, 15) is 4.79 Å². The van der Waals surface area contributed by atoms with Crippen molar-refractivity contribution in [2.24, 2.45) is 0 Å². The van der Waals surface area contributed by atoms with Crippen molar-refractivity contribution < 1.29 is 14.3 Å². The third-order valence-corrected chi connectivity index (χ3v) is 4.85. The van der Waals surface area contributed by atoms with Crippen LogP contribution in [-0.4, -0.2) is 35.6 Å². The predicted molar refractivity (Wildman–Crippen MR) is 106 cm³/mol. The fraction of sp³-hybridized carbons (Fsp3) is 0.190. The fourth-order valence-electron chi connectivity index (χ4n) is 3.19. The van der Waals surface area contributed by atoms with Crippen LogP contribution in [0.3, 0.4) is 0 Å². The van der Waals surface area contributed by atoms with E-state index < -0.39 is 0 Å². The first-order valence-electron chi connectivity index (χ1n) is 8.81. The number of hydrogen-bond acceptors (Lipinski definition) is 5. The lowest BCUT2D eigenvalue weighted by Gasteiger charge is -2.12. The molecule has 1 aromatic heterocycles. The van der Waals surface area contributed by atoms with Crippen LogP contribution in [0.25, 0.3) is 11.1 Å². The first-order chi connectivity index (χ1) is 13.6. The number of nitrogens with one attached hydrogen (secondary N) is 1. The first-order valence-corrected chi connectivity index (χ1v) is 9.18. The minimum Gasteiger partial charge on any atom is -0.497 e. The normalized spacial score (nSPS) is 14.9. The Kier molecular flexibility index (Phi) is 5.12. The molecule has 0 bridgehead atoms. The van der Waals surface area contributed by atoms with Crippen LogP contribution in [0.5, 0.6) is 11.5 Å². The smallest absolute Gasteiger partial charge is 0.251 e. The molecule has 2 heterocycles. The molecule has 0 fully saturated rings. The summed E-state index contributed by atoms with van der Waals surface area (Å²) >= 11 is 6.41. The molecule has 0 saturated heterocycles. The molecule has 0 aliphatic carbocycles. The van der Waals surface area contributed by atoms with Gasteiger partial charge in [0, 0.05) is 35.5 Å². The zero-order chi connectivity index (χ0) is 19.5. The summed E-state index contributed by atoms with van der Waals surface area (Å²) in [5.74, 6) is 1.14. The number of amides is 1. The highest BCUT2D eigenvalue weighted by Gasteiger charge is 2.26. The summed E-state index contributed by atoms with van der Waals surface area (Å²) in [5, 5.41) is 3.45. The van der Waals surface area contributed by atoms with E-state index in [2.05, 4.69) is 15.3 Å². The Morgan fingerprint density at radius 3 is 2.86 bits per heavy atom. The van der Waals surface area contributed by atoms with Crippen LogP contribution in [-0.2, 0) is 6.42 Å². The van der Waals surface area contributed by atoms with Gasteiger partial charge in [0.05, 0.1) is 18.7 Å². The van der Waals surface area contributed by atoms with Gasteiger partial charge in [0.15, 0.2) is 0 Å². The van der Waals surface area contributed by atoms with Crippen LogP contribution in [0.2, 0.25) is 5.02 Å². The van der Waals surface area contributed by atoms with Gasteiger partial charge in [0.2, 0.25) is 0 Å². The van der Waals surface area contributed by atoms with Crippen molar-refractivity contribution in [2.75, 3.05) is 13.7 Å². The lowest BCUT2D eigenvalue weighted by atomic mass is 10.0. The number of halogens is 1. The Bertz CT molecular complexity index is 1010. The summed E-state index contributed by atoms with van der Waals surface area (Å²) < 4.78 is 11.1. The van der Waals surface area contributed by atoms with Gasteiger partial charge < -0.3 is 14.8 Å². The molecule has 142 valence electrons. The van der Waals surface area contributed by atoms with E-state index in [0.717, 1.165) is 16.7 Å². The molecular formula is C21H18ClN3O3. The molecule has 6 nitrogen and oxygen atoms in total. The van der Waals surface area contributed by atoms with Gasteiger partial charge in [0.1, 0.15) is 23.9 Å². The molecule has 2 aromatic carbocycles. The number of aromatic nitrogens is 2. The van der Waals surface area contributed by atoms with E-state index in [0.29, 0.717) is 35.1 Å². The molecule has 0 spiro atoms. The molecule has 1 amide bonds. The Balaban J connectivity index is 1.43. The van der Waals surface area contributed by atoms with E-state index in [1.807, 2.05) is 12.1 Å². The van der Waals surface area contributed by atoms with Gasteiger partial charge in [-0.3, -0.25) is 4.79 Å². The maximum Gasteiger partial charge on any atom is 0.251 e. The molecule has 28 heavy (non-hydrogen) atoms. The van der Waals surface area contributed by atoms with E-state index in [1.165, 1.54) is 6.33 Å². The van der Waals surface area contributed by atoms with Gasteiger partial charge in [-0.2, -0.15) is 0 Å². The summed E-state index contributed by atoms with van der Waals surface area (Å²) in [7, 11) is 1.57. The molecule has 1 atom stereocenters. The topological polar surface area (TPSA) is 73.3 Å². The largest absolute Gasteiger partial charge is 0.497 e. The SMILES string of the molecule is COc1cccc(C(=O)NC[C@@H]2Cc3cc(-c4cncnc4)cc(Cl)c3O2)c1. The zero-order valence-electron chi connectivity index (χ0n) is 15.2. The van der Waals surface area contributed by atoms with Crippen LogP contribution < -0.4 is 14.8 Å². The number of methoxy groups -OCH3 is 1. The molecule has 0 saturated carbocycles. The van der Waals surface area contributed by atoms with E-state index in [1.54, 1.807) is 43.8 Å². The van der Waals surface area contributed by atoms with Crippen molar-refractivity contribution in [1.82, 2.24) is 15.3 Å². The Morgan fingerprint density at radius 1 is 1.25 bits per heavy atom. The standard InChI is InChI=1S/C21H18ClN3O3/c1-27-17-4-2-3-13(6-17)21(26)25-11-18-7-15-5-14(8-19(22)20(15)28-18)16-9-23-12-24-10-16/h2-6,8-10,12,18H,7,11H2,1H3,(H,25,26)/t18-/m0/s1. The number of carbonyl (C=O) groups excluding carboxylic acids is 1. The van der Waals surface area contributed by atoms with Gasteiger partial charge >= 0.3 is 0 Å². The Labute approximate surface area is 167 Å². The van der Waals surface area contributed by atoms with Gasteiger partial charge in [-0.25, -0.2) is 9.97 Å². The van der Waals surface area contributed by atoms with Crippen molar-refractivity contribution in [3.63, 3.8) is 0 Å². The monoisotopic (exact) mass is 395 g/mol. The second-order valence-electron chi connectivity index (χ2n) is 6.46. The van der Waals surface area contributed by atoms with Gasteiger partial charge in [-0.1, -0.05) is 17.7 Å². The second-order valence-corrected chi connectivity index (χ2v) is 6.87.